The van der Waals surface area contributed by atoms with Crippen molar-refractivity contribution in [3.8, 4) is 0 Å². The van der Waals surface area contributed by atoms with E-state index >= 15 is 0 Å². The third-order valence-electron chi connectivity index (χ3n) is 7.87. The number of nitrogens with zero attached hydrogens (tertiary/aromatic N) is 2. The first kappa shape index (κ1) is 25.7. The minimum absolute atomic E-state index is 0.0813. The van der Waals surface area contributed by atoms with Crippen LogP contribution in [-0.2, 0) is 23.9 Å². The lowest BCUT2D eigenvalue weighted by molar-refractivity contribution is -0.161. The molecule has 1 spiro atoms. The van der Waals surface area contributed by atoms with Crippen LogP contribution in [0.5, 0.6) is 0 Å². The SMILES string of the molecule is C=CCN(C(=O)C1N(CCCO)C(=O)[C@@H]2[C@H](C(=O)OCC)[C@@]3(C)OC12CC3C)c1ccccc1Cl. The van der Waals surface area contributed by atoms with Crippen LogP contribution in [0.15, 0.2) is 36.9 Å². The molecule has 0 aromatic heterocycles. The number of para-hydroxylation sites is 1. The Balaban J connectivity index is 1.84. The molecule has 190 valence electrons. The van der Waals surface area contributed by atoms with Gasteiger partial charge >= 0.3 is 5.97 Å². The van der Waals surface area contributed by atoms with Gasteiger partial charge in [0.1, 0.15) is 17.6 Å². The first-order valence-electron chi connectivity index (χ1n) is 12.1. The zero-order valence-electron chi connectivity index (χ0n) is 20.4. The standard InChI is InChI=1S/C26H33ClN2O6/c1-5-12-28(18-11-8-7-10-17(18)27)23(32)21-26-15-16(3)25(4,35-26)20(24(33)34-6-2)19(26)22(31)29(21)13-9-14-30/h5,7-8,10-11,16,19-21,30H,1,6,9,12-15H2,2-4H3/t16?,19-,20+,21?,25-,26?/m0/s1. The van der Waals surface area contributed by atoms with E-state index in [2.05, 4.69) is 6.58 Å². The summed E-state index contributed by atoms with van der Waals surface area (Å²) in [5.41, 5.74) is -1.61. The van der Waals surface area contributed by atoms with E-state index < -0.39 is 35.0 Å². The molecule has 35 heavy (non-hydrogen) atoms. The number of hydrogen-bond acceptors (Lipinski definition) is 6. The van der Waals surface area contributed by atoms with Gasteiger partial charge in [0.05, 0.1) is 28.8 Å². The zero-order chi connectivity index (χ0) is 25.5. The van der Waals surface area contributed by atoms with E-state index in [-0.39, 0.29) is 44.0 Å². The van der Waals surface area contributed by atoms with Gasteiger partial charge < -0.3 is 24.4 Å². The topological polar surface area (TPSA) is 96.4 Å². The fourth-order valence-corrected chi connectivity index (χ4v) is 6.58. The number of amides is 2. The quantitative estimate of drug-likeness (QED) is 0.410. The van der Waals surface area contributed by atoms with Crippen LogP contribution >= 0.6 is 11.6 Å². The highest BCUT2D eigenvalue weighted by Gasteiger charge is 2.80. The molecule has 2 amide bonds. The van der Waals surface area contributed by atoms with Crippen molar-refractivity contribution in [2.24, 2.45) is 17.8 Å². The van der Waals surface area contributed by atoms with Crippen LogP contribution < -0.4 is 4.90 Å². The molecule has 0 aliphatic carbocycles. The molecule has 3 aliphatic rings. The van der Waals surface area contributed by atoms with Gasteiger partial charge in [-0.15, -0.1) is 6.58 Å². The third-order valence-corrected chi connectivity index (χ3v) is 8.19. The number of likely N-dealkylation sites (tertiary alicyclic amines) is 1. The van der Waals surface area contributed by atoms with Gasteiger partial charge in [-0.1, -0.05) is 36.7 Å². The summed E-state index contributed by atoms with van der Waals surface area (Å²) in [5, 5.41) is 9.89. The Morgan fingerprint density at radius 2 is 2.11 bits per heavy atom. The van der Waals surface area contributed by atoms with Crippen LogP contribution in [0.2, 0.25) is 5.02 Å². The van der Waals surface area contributed by atoms with Crippen LogP contribution in [0, 0.1) is 17.8 Å². The number of benzene rings is 1. The number of aliphatic hydroxyl groups excluding tert-OH is 1. The first-order chi connectivity index (χ1) is 16.7. The molecule has 1 aromatic rings. The molecule has 3 heterocycles. The van der Waals surface area contributed by atoms with Crippen LogP contribution in [-0.4, -0.2) is 71.3 Å². The summed E-state index contributed by atoms with van der Waals surface area (Å²) in [5.74, 6) is -2.89. The smallest absolute Gasteiger partial charge is 0.312 e. The molecule has 6 atom stereocenters. The van der Waals surface area contributed by atoms with E-state index in [1.54, 1.807) is 37.3 Å². The Hall–Kier alpha value is -2.42. The van der Waals surface area contributed by atoms with E-state index in [0.717, 1.165) is 0 Å². The van der Waals surface area contributed by atoms with Crippen molar-refractivity contribution in [2.75, 3.05) is 31.2 Å². The van der Waals surface area contributed by atoms with Crippen molar-refractivity contribution in [1.82, 2.24) is 4.90 Å². The predicted octanol–water partition coefficient (Wildman–Crippen LogP) is 2.82. The minimum atomic E-state index is -1.18. The molecule has 3 unspecified atom stereocenters. The molecule has 0 radical (unpaired) electrons. The van der Waals surface area contributed by atoms with Crippen molar-refractivity contribution in [2.45, 2.75) is 50.9 Å². The second-order valence-electron chi connectivity index (χ2n) is 9.75. The Kier molecular flexibility index (Phi) is 7.01. The molecule has 9 heteroatoms. The van der Waals surface area contributed by atoms with Crippen molar-refractivity contribution >= 4 is 35.1 Å². The Labute approximate surface area is 210 Å². The number of halogens is 1. The number of aliphatic hydroxyl groups is 1. The average molecular weight is 505 g/mol. The molecule has 3 saturated heterocycles. The van der Waals surface area contributed by atoms with E-state index in [0.29, 0.717) is 23.6 Å². The Morgan fingerprint density at radius 3 is 2.74 bits per heavy atom. The normalized spacial score (nSPS) is 33.1. The second-order valence-corrected chi connectivity index (χ2v) is 10.2. The number of anilines is 1. The number of carbonyl (C=O) groups excluding carboxylic acids is 3. The maximum Gasteiger partial charge on any atom is 0.312 e. The summed E-state index contributed by atoms with van der Waals surface area (Å²) >= 11 is 6.45. The number of carbonyl (C=O) groups is 3. The maximum atomic E-state index is 14.3. The number of rotatable bonds is 9. The van der Waals surface area contributed by atoms with Gasteiger partial charge in [0, 0.05) is 19.7 Å². The Bertz CT molecular complexity index is 1030. The highest BCUT2D eigenvalue weighted by molar-refractivity contribution is 6.34. The second kappa shape index (κ2) is 9.56. The lowest BCUT2D eigenvalue weighted by Gasteiger charge is -2.37. The highest BCUT2D eigenvalue weighted by Crippen LogP contribution is 2.65. The van der Waals surface area contributed by atoms with E-state index in [1.807, 2.05) is 13.8 Å². The van der Waals surface area contributed by atoms with E-state index in [4.69, 9.17) is 21.1 Å². The summed E-state index contributed by atoms with van der Waals surface area (Å²) in [6, 6.07) is 6.02. The summed E-state index contributed by atoms with van der Waals surface area (Å²) in [4.78, 5) is 44.3. The molecule has 3 fully saturated rings. The molecule has 1 N–H and O–H groups in total. The molecule has 2 bridgehead atoms. The molecule has 8 nitrogen and oxygen atoms in total. The number of hydrogen-bond donors (Lipinski definition) is 1. The van der Waals surface area contributed by atoms with Crippen LogP contribution in [0.4, 0.5) is 5.69 Å². The highest BCUT2D eigenvalue weighted by atomic mass is 35.5. The molecular formula is C26H33ClN2O6. The monoisotopic (exact) mass is 504 g/mol. The van der Waals surface area contributed by atoms with Gasteiger partial charge in [0.15, 0.2) is 0 Å². The van der Waals surface area contributed by atoms with Gasteiger partial charge in [-0.2, -0.15) is 0 Å². The first-order valence-corrected chi connectivity index (χ1v) is 12.5. The van der Waals surface area contributed by atoms with Crippen molar-refractivity contribution in [3.63, 3.8) is 0 Å². The zero-order valence-corrected chi connectivity index (χ0v) is 21.2. The lowest BCUT2D eigenvalue weighted by Crippen LogP contribution is -2.57. The lowest BCUT2D eigenvalue weighted by atomic mass is 9.62. The minimum Gasteiger partial charge on any atom is -0.466 e. The third kappa shape index (κ3) is 3.77. The molecular weight excluding hydrogens is 472 g/mol. The average Bonchev–Trinajstić information content (AvgIpc) is 3.33. The van der Waals surface area contributed by atoms with Gasteiger partial charge in [0.2, 0.25) is 5.91 Å². The summed E-state index contributed by atoms with van der Waals surface area (Å²) in [6.45, 7) is 9.73. The molecule has 0 saturated carbocycles. The summed E-state index contributed by atoms with van der Waals surface area (Å²) in [6.07, 6.45) is 2.35. The maximum absolute atomic E-state index is 14.3. The molecule has 1 aromatic carbocycles. The summed E-state index contributed by atoms with van der Waals surface area (Å²) in [7, 11) is 0. The van der Waals surface area contributed by atoms with Crippen molar-refractivity contribution in [3.05, 3.63) is 41.9 Å². The van der Waals surface area contributed by atoms with Gasteiger partial charge in [-0.3, -0.25) is 14.4 Å². The van der Waals surface area contributed by atoms with Gasteiger partial charge in [0.25, 0.3) is 5.91 Å². The number of fused-ring (bicyclic) bond motifs is 1. The summed E-state index contributed by atoms with van der Waals surface area (Å²) < 4.78 is 12.0. The fourth-order valence-electron chi connectivity index (χ4n) is 6.34. The van der Waals surface area contributed by atoms with Gasteiger partial charge in [-0.05, 0) is 44.7 Å². The number of esters is 1. The largest absolute Gasteiger partial charge is 0.466 e. The van der Waals surface area contributed by atoms with Crippen molar-refractivity contribution in [1.29, 1.82) is 0 Å². The Morgan fingerprint density at radius 1 is 1.40 bits per heavy atom. The van der Waals surface area contributed by atoms with E-state index in [9.17, 15) is 19.5 Å². The molecule has 3 aliphatic heterocycles. The van der Waals surface area contributed by atoms with Gasteiger partial charge in [-0.25, -0.2) is 0 Å². The van der Waals surface area contributed by atoms with Crippen LogP contribution in [0.3, 0.4) is 0 Å². The van der Waals surface area contributed by atoms with Crippen LogP contribution in [0.1, 0.15) is 33.6 Å². The molecule has 4 rings (SSSR count). The number of ether oxygens (including phenoxy) is 2. The van der Waals surface area contributed by atoms with Crippen molar-refractivity contribution < 1.29 is 29.0 Å². The van der Waals surface area contributed by atoms with Crippen LogP contribution in [0.25, 0.3) is 0 Å². The fraction of sp³-hybridized carbons (Fsp3) is 0.577. The van der Waals surface area contributed by atoms with E-state index in [1.165, 1.54) is 9.80 Å². The predicted molar refractivity (Wildman–Crippen MR) is 131 cm³/mol.